The topological polar surface area (TPSA) is 29.5 Å². The number of benzene rings is 1. The number of hydrogen-bond acceptors (Lipinski definition) is 2. The van der Waals surface area contributed by atoms with Crippen LogP contribution in [0.2, 0.25) is 0 Å². The van der Waals surface area contributed by atoms with E-state index in [-0.39, 0.29) is 5.91 Å². The normalized spacial score (nSPS) is 15.9. The number of carbonyl (C=O) groups excluding carboxylic acids is 1. The smallest absolute Gasteiger partial charge is 0.255 e. The summed E-state index contributed by atoms with van der Waals surface area (Å²) in [7, 11) is 0. The van der Waals surface area contributed by atoms with E-state index in [0.29, 0.717) is 25.4 Å². The number of rotatable bonds is 1. The quantitative estimate of drug-likeness (QED) is 0.675. The Kier molecular flexibility index (Phi) is 2.45. The van der Waals surface area contributed by atoms with Gasteiger partial charge in [0.1, 0.15) is 12.5 Å². The van der Waals surface area contributed by atoms with Crippen molar-refractivity contribution in [1.29, 1.82) is 0 Å². The Bertz CT molecular complexity index is 348. The predicted molar refractivity (Wildman–Crippen MR) is 48.3 cm³/mol. The molecule has 0 radical (unpaired) electrons. The molecule has 0 N–H and O–H groups in total. The van der Waals surface area contributed by atoms with Gasteiger partial charge < -0.3 is 9.64 Å². The summed E-state index contributed by atoms with van der Waals surface area (Å²) in [5.74, 6) is -0.571. The molecule has 1 aromatic rings. The van der Waals surface area contributed by atoms with Gasteiger partial charge in [0.05, 0.1) is 6.61 Å². The van der Waals surface area contributed by atoms with Crippen molar-refractivity contribution in [2.75, 3.05) is 19.9 Å². The molecule has 1 amide bonds. The molecular weight excluding hydrogens is 185 g/mol. The molecule has 0 spiro atoms. The van der Waals surface area contributed by atoms with E-state index in [9.17, 15) is 9.18 Å². The fourth-order valence-electron chi connectivity index (χ4n) is 1.38. The van der Waals surface area contributed by atoms with Crippen molar-refractivity contribution in [3.8, 4) is 0 Å². The lowest BCUT2D eigenvalue weighted by atomic mass is 10.2. The molecule has 74 valence electrons. The minimum Gasteiger partial charge on any atom is -0.359 e. The molecule has 1 aliphatic rings. The lowest BCUT2D eigenvalue weighted by molar-refractivity contribution is 0.0694. The number of hydrogen-bond donors (Lipinski definition) is 0. The monoisotopic (exact) mass is 195 g/mol. The van der Waals surface area contributed by atoms with E-state index in [1.807, 2.05) is 0 Å². The van der Waals surface area contributed by atoms with E-state index < -0.39 is 5.82 Å². The van der Waals surface area contributed by atoms with E-state index in [1.165, 1.54) is 18.2 Å². The Hall–Kier alpha value is -1.42. The van der Waals surface area contributed by atoms with E-state index in [1.54, 1.807) is 11.0 Å². The van der Waals surface area contributed by atoms with Gasteiger partial charge in [-0.2, -0.15) is 0 Å². The first-order valence-electron chi connectivity index (χ1n) is 4.40. The summed E-state index contributed by atoms with van der Waals surface area (Å²) < 4.78 is 17.9. The summed E-state index contributed by atoms with van der Waals surface area (Å²) in [6.45, 7) is 1.44. The van der Waals surface area contributed by atoms with Gasteiger partial charge >= 0.3 is 0 Å². The van der Waals surface area contributed by atoms with Crippen LogP contribution in [-0.2, 0) is 4.74 Å². The van der Waals surface area contributed by atoms with Gasteiger partial charge in [-0.25, -0.2) is 4.39 Å². The molecular formula is C10H10FNO2. The van der Waals surface area contributed by atoms with Crippen LogP contribution in [0, 0.1) is 5.82 Å². The molecule has 2 rings (SSSR count). The lowest BCUT2D eigenvalue weighted by Crippen LogP contribution is -2.28. The number of amides is 1. The number of carbonyl (C=O) groups is 1. The summed E-state index contributed by atoms with van der Waals surface area (Å²) in [5, 5.41) is 0. The summed E-state index contributed by atoms with van der Waals surface area (Å²) in [4.78, 5) is 13.2. The average molecular weight is 195 g/mol. The predicted octanol–water partition coefficient (Wildman–Crippen LogP) is 1.26. The second kappa shape index (κ2) is 3.75. The molecule has 0 bridgehead atoms. The van der Waals surface area contributed by atoms with Gasteiger partial charge in [-0.15, -0.1) is 0 Å². The van der Waals surface area contributed by atoms with Crippen molar-refractivity contribution in [2.45, 2.75) is 0 Å². The molecule has 0 atom stereocenters. The van der Waals surface area contributed by atoms with Crippen molar-refractivity contribution < 1.29 is 13.9 Å². The van der Waals surface area contributed by atoms with Crippen LogP contribution in [0.5, 0.6) is 0 Å². The van der Waals surface area contributed by atoms with Crippen LogP contribution < -0.4 is 0 Å². The first kappa shape index (κ1) is 9.15. The Morgan fingerprint density at radius 3 is 3.00 bits per heavy atom. The number of halogens is 1. The van der Waals surface area contributed by atoms with Gasteiger partial charge in [-0.3, -0.25) is 4.79 Å². The molecule has 14 heavy (non-hydrogen) atoms. The fraction of sp³-hybridized carbons (Fsp3) is 0.300. The largest absolute Gasteiger partial charge is 0.359 e. The van der Waals surface area contributed by atoms with Gasteiger partial charge in [0.2, 0.25) is 0 Å². The SMILES string of the molecule is O=C(c1cccc(F)c1)N1CCOC1. The van der Waals surface area contributed by atoms with Gasteiger partial charge in [0.15, 0.2) is 0 Å². The second-order valence-corrected chi connectivity index (χ2v) is 3.12. The van der Waals surface area contributed by atoms with Crippen molar-refractivity contribution in [3.63, 3.8) is 0 Å². The minimum atomic E-state index is -0.393. The number of nitrogens with zero attached hydrogens (tertiary/aromatic N) is 1. The average Bonchev–Trinajstić information content (AvgIpc) is 2.69. The Morgan fingerprint density at radius 1 is 1.50 bits per heavy atom. The zero-order valence-electron chi connectivity index (χ0n) is 7.57. The van der Waals surface area contributed by atoms with Gasteiger partial charge in [0, 0.05) is 12.1 Å². The highest BCUT2D eigenvalue weighted by Crippen LogP contribution is 2.09. The maximum absolute atomic E-state index is 12.8. The third kappa shape index (κ3) is 1.75. The van der Waals surface area contributed by atoms with Crippen LogP contribution in [0.15, 0.2) is 24.3 Å². The van der Waals surface area contributed by atoms with Crippen molar-refractivity contribution in [1.82, 2.24) is 4.90 Å². The minimum absolute atomic E-state index is 0.179. The van der Waals surface area contributed by atoms with Crippen molar-refractivity contribution >= 4 is 5.91 Å². The van der Waals surface area contributed by atoms with Crippen LogP contribution in [0.1, 0.15) is 10.4 Å². The van der Waals surface area contributed by atoms with Crippen LogP contribution >= 0.6 is 0 Å². The van der Waals surface area contributed by atoms with E-state index in [0.717, 1.165) is 0 Å². The van der Waals surface area contributed by atoms with Gasteiger partial charge in [0.25, 0.3) is 5.91 Å². The summed E-state index contributed by atoms with van der Waals surface area (Å²) in [5.41, 5.74) is 0.371. The van der Waals surface area contributed by atoms with Crippen molar-refractivity contribution in [2.24, 2.45) is 0 Å². The van der Waals surface area contributed by atoms with E-state index in [2.05, 4.69) is 0 Å². The summed E-state index contributed by atoms with van der Waals surface area (Å²) in [6, 6.07) is 5.68. The highest BCUT2D eigenvalue weighted by atomic mass is 19.1. The van der Waals surface area contributed by atoms with Crippen LogP contribution in [0.4, 0.5) is 4.39 Å². The number of ether oxygens (including phenoxy) is 1. The standard InChI is InChI=1S/C10H10FNO2/c11-9-3-1-2-8(6-9)10(13)12-4-5-14-7-12/h1-3,6H,4-5,7H2. The molecule has 4 heteroatoms. The third-order valence-corrected chi connectivity index (χ3v) is 2.11. The summed E-state index contributed by atoms with van der Waals surface area (Å²) in [6.07, 6.45) is 0. The van der Waals surface area contributed by atoms with Gasteiger partial charge in [-0.1, -0.05) is 6.07 Å². The van der Waals surface area contributed by atoms with Crippen molar-refractivity contribution in [3.05, 3.63) is 35.6 Å². The molecule has 1 heterocycles. The first-order chi connectivity index (χ1) is 6.77. The lowest BCUT2D eigenvalue weighted by Gasteiger charge is -2.12. The maximum Gasteiger partial charge on any atom is 0.255 e. The van der Waals surface area contributed by atoms with Crippen LogP contribution in [0.25, 0.3) is 0 Å². The maximum atomic E-state index is 12.8. The Morgan fingerprint density at radius 2 is 2.36 bits per heavy atom. The molecule has 0 unspecified atom stereocenters. The fourth-order valence-corrected chi connectivity index (χ4v) is 1.38. The van der Waals surface area contributed by atoms with E-state index >= 15 is 0 Å². The molecule has 1 aliphatic heterocycles. The highest BCUT2D eigenvalue weighted by molar-refractivity contribution is 5.94. The second-order valence-electron chi connectivity index (χ2n) is 3.12. The van der Waals surface area contributed by atoms with Gasteiger partial charge in [-0.05, 0) is 18.2 Å². The first-order valence-corrected chi connectivity index (χ1v) is 4.40. The van der Waals surface area contributed by atoms with Crippen LogP contribution in [-0.4, -0.2) is 30.7 Å². The van der Waals surface area contributed by atoms with E-state index in [4.69, 9.17) is 4.74 Å². The molecule has 0 aliphatic carbocycles. The zero-order valence-corrected chi connectivity index (χ0v) is 7.57. The molecule has 3 nitrogen and oxygen atoms in total. The Labute approximate surface area is 81.1 Å². The molecule has 1 fully saturated rings. The summed E-state index contributed by atoms with van der Waals surface area (Å²) >= 11 is 0. The molecule has 0 saturated carbocycles. The zero-order chi connectivity index (χ0) is 9.97. The molecule has 0 aromatic heterocycles. The third-order valence-electron chi connectivity index (χ3n) is 2.11. The molecule has 1 saturated heterocycles. The molecule has 1 aromatic carbocycles. The Balaban J connectivity index is 2.17. The highest BCUT2D eigenvalue weighted by Gasteiger charge is 2.19. The van der Waals surface area contributed by atoms with Crippen LogP contribution in [0.3, 0.4) is 0 Å².